The maximum atomic E-state index is 12.7. The van der Waals surface area contributed by atoms with E-state index >= 15 is 0 Å². The van der Waals surface area contributed by atoms with Gasteiger partial charge in [-0.25, -0.2) is 0 Å². The van der Waals surface area contributed by atoms with Gasteiger partial charge in [-0.05, 0) is 37.7 Å². The number of fused-ring (bicyclic) bond motifs is 1. The Hall–Kier alpha value is -1.42. The summed E-state index contributed by atoms with van der Waals surface area (Å²) >= 11 is 1.55. The summed E-state index contributed by atoms with van der Waals surface area (Å²) < 4.78 is 5.34. The van der Waals surface area contributed by atoms with Gasteiger partial charge in [-0.2, -0.15) is 5.26 Å². The van der Waals surface area contributed by atoms with Crippen LogP contribution < -0.4 is 11.1 Å². The van der Waals surface area contributed by atoms with Crippen molar-refractivity contribution < 1.29 is 9.53 Å². The van der Waals surface area contributed by atoms with Gasteiger partial charge in [-0.15, -0.1) is 11.3 Å². The second kappa shape index (κ2) is 5.76. The molecule has 2 aliphatic rings. The first-order chi connectivity index (χ1) is 10.2. The van der Waals surface area contributed by atoms with E-state index in [0.717, 1.165) is 24.8 Å². The second-order valence-corrected chi connectivity index (χ2v) is 6.83. The lowest BCUT2D eigenvalue weighted by atomic mass is 9.79. The third-order valence-electron chi connectivity index (χ3n) is 4.58. The van der Waals surface area contributed by atoms with Gasteiger partial charge in [0.2, 0.25) is 5.91 Å². The number of nitriles is 1. The van der Waals surface area contributed by atoms with E-state index in [-0.39, 0.29) is 5.91 Å². The Morgan fingerprint density at radius 2 is 2.19 bits per heavy atom. The van der Waals surface area contributed by atoms with E-state index in [1.807, 2.05) is 0 Å². The van der Waals surface area contributed by atoms with E-state index in [1.54, 1.807) is 11.3 Å². The topological polar surface area (TPSA) is 88.1 Å². The predicted octanol–water partition coefficient (Wildman–Crippen LogP) is 1.80. The molecule has 21 heavy (non-hydrogen) atoms. The molecule has 112 valence electrons. The molecule has 5 nitrogen and oxygen atoms in total. The number of carbonyl (C=O) groups is 1. The van der Waals surface area contributed by atoms with Gasteiger partial charge in [0.05, 0.1) is 11.0 Å². The third kappa shape index (κ3) is 2.46. The molecule has 1 aromatic heterocycles. The standard InChI is InChI=1S/C15H19N3O2S/c16-8-11-10-2-1-3-12(10)21-13(11)18-14(19)15(9-17)4-6-20-7-5-15/h1-7,9,17H2,(H,18,19). The van der Waals surface area contributed by atoms with Crippen molar-refractivity contribution in [3.63, 3.8) is 0 Å². The predicted molar refractivity (Wildman–Crippen MR) is 81.2 cm³/mol. The van der Waals surface area contributed by atoms with Crippen molar-refractivity contribution in [1.82, 2.24) is 0 Å². The van der Waals surface area contributed by atoms with Crippen molar-refractivity contribution in [3.8, 4) is 6.07 Å². The number of aryl methyl sites for hydroxylation is 1. The summed E-state index contributed by atoms with van der Waals surface area (Å²) in [5.74, 6) is -0.0651. The van der Waals surface area contributed by atoms with Gasteiger partial charge < -0.3 is 15.8 Å². The SMILES string of the molecule is N#Cc1c(NC(=O)C2(CN)CCOCC2)sc2c1CCC2. The van der Waals surface area contributed by atoms with Crippen molar-refractivity contribution in [2.45, 2.75) is 32.1 Å². The van der Waals surface area contributed by atoms with Gasteiger partial charge in [0, 0.05) is 24.6 Å². The summed E-state index contributed by atoms with van der Waals surface area (Å²) in [5, 5.41) is 13.1. The molecular weight excluding hydrogens is 286 g/mol. The van der Waals surface area contributed by atoms with Gasteiger partial charge in [0.25, 0.3) is 0 Å². The number of ether oxygens (including phenoxy) is 1. The second-order valence-electron chi connectivity index (χ2n) is 5.72. The van der Waals surface area contributed by atoms with Crippen LogP contribution in [-0.2, 0) is 22.4 Å². The number of hydrogen-bond donors (Lipinski definition) is 2. The van der Waals surface area contributed by atoms with Crippen LogP contribution in [0.4, 0.5) is 5.00 Å². The summed E-state index contributed by atoms with van der Waals surface area (Å²) in [6.07, 6.45) is 4.35. The fourth-order valence-corrected chi connectivity index (χ4v) is 4.37. The molecule has 1 saturated heterocycles. The molecule has 3 rings (SSSR count). The van der Waals surface area contributed by atoms with Gasteiger partial charge in [-0.1, -0.05) is 0 Å². The summed E-state index contributed by atoms with van der Waals surface area (Å²) in [5.41, 5.74) is 7.09. The molecule has 1 aromatic rings. The number of nitrogens with two attached hydrogens (primary N) is 1. The highest BCUT2D eigenvalue weighted by molar-refractivity contribution is 7.16. The number of thiophene rings is 1. The minimum absolute atomic E-state index is 0.0651. The molecule has 0 spiro atoms. The number of hydrogen-bond acceptors (Lipinski definition) is 5. The summed E-state index contributed by atoms with van der Waals surface area (Å²) in [4.78, 5) is 13.9. The normalized spacial score (nSPS) is 19.8. The van der Waals surface area contributed by atoms with Gasteiger partial charge in [0.1, 0.15) is 11.1 Å². The van der Waals surface area contributed by atoms with Crippen LogP contribution in [0.5, 0.6) is 0 Å². The molecule has 0 unspecified atom stereocenters. The van der Waals surface area contributed by atoms with Gasteiger partial charge >= 0.3 is 0 Å². The Balaban J connectivity index is 1.83. The Labute approximate surface area is 128 Å². The van der Waals surface area contributed by atoms with Crippen LogP contribution in [-0.4, -0.2) is 25.7 Å². The first-order valence-electron chi connectivity index (χ1n) is 7.34. The van der Waals surface area contributed by atoms with Crippen molar-refractivity contribution in [2.75, 3.05) is 25.1 Å². The van der Waals surface area contributed by atoms with E-state index < -0.39 is 5.41 Å². The van der Waals surface area contributed by atoms with Crippen LogP contribution >= 0.6 is 11.3 Å². The fraction of sp³-hybridized carbons (Fsp3) is 0.600. The van der Waals surface area contributed by atoms with Crippen LogP contribution in [0.25, 0.3) is 0 Å². The van der Waals surface area contributed by atoms with Gasteiger partial charge in [0.15, 0.2) is 0 Å². The van der Waals surface area contributed by atoms with Crippen LogP contribution in [0.15, 0.2) is 0 Å². The average molecular weight is 305 g/mol. The number of nitrogens with zero attached hydrogens (tertiary/aromatic N) is 1. The molecule has 0 bridgehead atoms. The molecule has 0 saturated carbocycles. The number of anilines is 1. The van der Waals surface area contributed by atoms with Gasteiger partial charge in [-0.3, -0.25) is 4.79 Å². The third-order valence-corrected chi connectivity index (χ3v) is 5.79. The zero-order valence-corrected chi connectivity index (χ0v) is 12.7. The Morgan fingerprint density at radius 3 is 2.86 bits per heavy atom. The Bertz CT molecular complexity index is 597. The van der Waals surface area contributed by atoms with Crippen molar-refractivity contribution >= 4 is 22.2 Å². The lowest BCUT2D eigenvalue weighted by molar-refractivity contribution is -0.130. The van der Waals surface area contributed by atoms with Crippen molar-refractivity contribution in [3.05, 3.63) is 16.0 Å². The highest BCUT2D eigenvalue weighted by atomic mass is 32.1. The Kier molecular flexibility index (Phi) is 3.98. The number of amides is 1. The maximum Gasteiger partial charge on any atom is 0.232 e. The molecule has 1 aliphatic carbocycles. The number of rotatable bonds is 3. The fourth-order valence-electron chi connectivity index (χ4n) is 3.13. The minimum Gasteiger partial charge on any atom is -0.381 e. The monoisotopic (exact) mass is 305 g/mol. The number of nitrogens with one attached hydrogen (secondary N) is 1. The molecule has 2 heterocycles. The molecule has 1 amide bonds. The highest BCUT2D eigenvalue weighted by Gasteiger charge is 2.39. The van der Waals surface area contributed by atoms with Crippen LogP contribution in [0.2, 0.25) is 0 Å². The smallest absolute Gasteiger partial charge is 0.232 e. The molecule has 0 aromatic carbocycles. The molecule has 3 N–H and O–H groups in total. The molecule has 1 fully saturated rings. The van der Waals surface area contributed by atoms with Crippen molar-refractivity contribution in [2.24, 2.45) is 11.1 Å². The largest absolute Gasteiger partial charge is 0.381 e. The quantitative estimate of drug-likeness (QED) is 0.891. The molecule has 1 aliphatic heterocycles. The summed E-state index contributed by atoms with van der Waals surface area (Å²) in [7, 11) is 0. The first-order valence-corrected chi connectivity index (χ1v) is 8.16. The van der Waals surface area contributed by atoms with E-state index in [4.69, 9.17) is 10.5 Å². The van der Waals surface area contributed by atoms with Crippen LogP contribution in [0.1, 0.15) is 35.3 Å². The lowest BCUT2D eigenvalue weighted by Crippen LogP contribution is -2.46. The highest BCUT2D eigenvalue weighted by Crippen LogP contribution is 2.40. The molecule has 0 atom stereocenters. The summed E-state index contributed by atoms with van der Waals surface area (Å²) in [6, 6.07) is 2.25. The van der Waals surface area contributed by atoms with E-state index in [0.29, 0.717) is 43.2 Å². The molecular formula is C15H19N3O2S. The van der Waals surface area contributed by atoms with E-state index in [2.05, 4.69) is 11.4 Å². The number of carbonyl (C=O) groups excluding carboxylic acids is 1. The van der Waals surface area contributed by atoms with Crippen LogP contribution in [0, 0.1) is 16.7 Å². The van der Waals surface area contributed by atoms with E-state index in [1.165, 1.54) is 4.88 Å². The van der Waals surface area contributed by atoms with Crippen LogP contribution in [0.3, 0.4) is 0 Å². The first kappa shape index (κ1) is 14.5. The minimum atomic E-state index is -0.556. The lowest BCUT2D eigenvalue weighted by Gasteiger charge is -2.34. The Morgan fingerprint density at radius 1 is 1.43 bits per heavy atom. The van der Waals surface area contributed by atoms with Crippen molar-refractivity contribution in [1.29, 1.82) is 5.26 Å². The average Bonchev–Trinajstić information content (AvgIpc) is 3.08. The summed E-state index contributed by atoms with van der Waals surface area (Å²) in [6.45, 7) is 1.45. The zero-order chi connectivity index (χ0) is 14.9. The van der Waals surface area contributed by atoms with E-state index in [9.17, 15) is 10.1 Å². The maximum absolute atomic E-state index is 12.7. The molecule has 0 radical (unpaired) electrons. The zero-order valence-electron chi connectivity index (χ0n) is 11.9. The molecule has 6 heteroatoms.